The molecule has 0 spiro atoms. The zero-order valence-corrected chi connectivity index (χ0v) is 7.41. The van der Waals surface area contributed by atoms with E-state index in [1.165, 1.54) is 6.21 Å². The lowest BCUT2D eigenvalue weighted by molar-refractivity contribution is 0.0526. The third-order valence-electron chi connectivity index (χ3n) is 1.56. The Morgan fingerprint density at radius 1 is 1.62 bits per heavy atom. The van der Waals surface area contributed by atoms with Crippen molar-refractivity contribution in [1.82, 2.24) is 0 Å². The molecular weight excluding hydrogens is 166 g/mol. The summed E-state index contributed by atoms with van der Waals surface area (Å²) in [6.07, 6.45) is 1.20. The molecule has 0 unspecified atom stereocenters. The molecule has 0 amide bonds. The van der Waals surface area contributed by atoms with Crippen LogP contribution in [0.15, 0.2) is 24.3 Å². The van der Waals surface area contributed by atoms with Gasteiger partial charge in [-0.15, -0.1) is 0 Å². The third-order valence-corrected chi connectivity index (χ3v) is 1.56. The molecule has 68 valence electrons. The summed E-state index contributed by atoms with van der Waals surface area (Å²) in [5.41, 5.74) is 1.19. The van der Waals surface area contributed by atoms with Crippen LogP contribution in [0.2, 0.25) is 0 Å². The molecule has 0 fully saturated rings. The van der Waals surface area contributed by atoms with E-state index < -0.39 is 0 Å². The van der Waals surface area contributed by atoms with Gasteiger partial charge in [0.1, 0.15) is 0 Å². The van der Waals surface area contributed by atoms with Crippen LogP contribution in [0.1, 0.15) is 22.8 Å². The number of rotatable bonds is 3. The van der Waals surface area contributed by atoms with Gasteiger partial charge in [-0.2, -0.15) is 0 Å². The molecule has 3 nitrogen and oxygen atoms in total. The second kappa shape index (κ2) is 4.40. The predicted molar refractivity (Wildman–Crippen MR) is 50.3 cm³/mol. The van der Waals surface area contributed by atoms with E-state index in [0.717, 1.165) is 0 Å². The number of ether oxygens (including phenoxy) is 1. The Bertz CT molecular complexity index is 320. The van der Waals surface area contributed by atoms with Crippen molar-refractivity contribution in [2.75, 3.05) is 6.61 Å². The molecule has 0 saturated heterocycles. The van der Waals surface area contributed by atoms with Gasteiger partial charge in [-0.25, -0.2) is 4.79 Å². The van der Waals surface area contributed by atoms with Crippen molar-refractivity contribution in [3.8, 4) is 0 Å². The summed E-state index contributed by atoms with van der Waals surface area (Å²) in [6.45, 7) is 2.13. The Labute approximate surface area is 76.9 Å². The molecule has 1 rings (SSSR count). The molecule has 0 heterocycles. The molecule has 1 aromatic rings. The number of carbonyl (C=O) groups excluding carboxylic acids is 1. The van der Waals surface area contributed by atoms with Crippen LogP contribution in [0.5, 0.6) is 0 Å². The van der Waals surface area contributed by atoms with Gasteiger partial charge in [-0.05, 0) is 24.6 Å². The molecule has 0 aliphatic carbocycles. The summed E-state index contributed by atoms with van der Waals surface area (Å²) in [4.78, 5) is 11.2. The van der Waals surface area contributed by atoms with E-state index in [-0.39, 0.29) is 5.97 Å². The smallest absolute Gasteiger partial charge is 0.338 e. The summed E-state index contributed by atoms with van der Waals surface area (Å²) in [5.74, 6) is -0.341. The van der Waals surface area contributed by atoms with Gasteiger partial charge >= 0.3 is 5.97 Å². The minimum absolute atomic E-state index is 0.341. The van der Waals surface area contributed by atoms with E-state index >= 15 is 0 Å². The van der Waals surface area contributed by atoms with E-state index in [1.807, 2.05) is 0 Å². The van der Waals surface area contributed by atoms with Gasteiger partial charge in [0.05, 0.1) is 12.2 Å². The Balaban J connectivity index is 2.88. The number of nitrogens with one attached hydrogen (secondary N) is 1. The van der Waals surface area contributed by atoms with Crippen LogP contribution >= 0.6 is 0 Å². The SMILES string of the molecule is CCOC(=O)c1cccc(C=N)c1. The average Bonchev–Trinajstić information content (AvgIpc) is 2.18. The Morgan fingerprint density at radius 2 is 2.38 bits per heavy atom. The van der Waals surface area contributed by atoms with Crippen molar-refractivity contribution in [1.29, 1.82) is 5.41 Å². The minimum Gasteiger partial charge on any atom is -0.462 e. The minimum atomic E-state index is -0.341. The van der Waals surface area contributed by atoms with Gasteiger partial charge < -0.3 is 10.1 Å². The lowest BCUT2D eigenvalue weighted by atomic mass is 10.1. The molecule has 0 saturated carbocycles. The maximum Gasteiger partial charge on any atom is 0.338 e. The normalized spacial score (nSPS) is 9.31. The Hall–Kier alpha value is -1.64. The Kier molecular flexibility index (Phi) is 3.20. The molecule has 0 atom stereocenters. The maximum atomic E-state index is 11.2. The lowest BCUT2D eigenvalue weighted by Crippen LogP contribution is -2.04. The fourth-order valence-corrected chi connectivity index (χ4v) is 0.970. The van der Waals surface area contributed by atoms with Crippen molar-refractivity contribution in [2.45, 2.75) is 6.92 Å². The summed E-state index contributed by atoms with van der Waals surface area (Å²) in [6, 6.07) is 6.79. The standard InChI is InChI=1S/C10H11NO2/c1-2-13-10(12)9-5-3-4-8(6-9)7-11/h3-7,11H,2H2,1H3. The van der Waals surface area contributed by atoms with Crippen molar-refractivity contribution in [3.05, 3.63) is 35.4 Å². The van der Waals surface area contributed by atoms with E-state index in [0.29, 0.717) is 17.7 Å². The first kappa shape index (κ1) is 9.45. The fraction of sp³-hybridized carbons (Fsp3) is 0.200. The molecule has 1 aromatic carbocycles. The monoisotopic (exact) mass is 177 g/mol. The van der Waals surface area contributed by atoms with Crippen LogP contribution in [0.4, 0.5) is 0 Å². The summed E-state index contributed by atoms with van der Waals surface area (Å²) >= 11 is 0. The van der Waals surface area contributed by atoms with E-state index in [1.54, 1.807) is 31.2 Å². The average molecular weight is 177 g/mol. The molecule has 0 aromatic heterocycles. The maximum absolute atomic E-state index is 11.2. The highest BCUT2D eigenvalue weighted by Gasteiger charge is 2.05. The van der Waals surface area contributed by atoms with Crippen LogP contribution in [-0.2, 0) is 4.74 Å². The van der Waals surface area contributed by atoms with Crippen molar-refractivity contribution in [3.63, 3.8) is 0 Å². The van der Waals surface area contributed by atoms with Gasteiger partial charge in [0.15, 0.2) is 0 Å². The second-order valence-corrected chi connectivity index (χ2v) is 2.49. The van der Waals surface area contributed by atoms with Gasteiger partial charge in [0.25, 0.3) is 0 Å². The number of benzene rings is 1. The third kappa shape index (κ3) is 2.40. The fourth-order valence-electron chi connectivity index (χ4n) is 0.970. The number of hydrogen-bond donors (Lipinski definition) is 1. The van der Waals surface area contributed by atoms with Crippen molar-refractivity contribution >= 4 is 12.2 Å². The molecule has 0 aliphatic rings. The largest absolute Gasteiger partial charge is 0.462 e. The van der Waals surface area contributed by atoms with E-state index in [2.05, 4.69) is 0 Å². The number of carbonyl (C=O) groups is 1. The van der Waals surface area contributed by atoms with Crippen LogP contribution in [0.25, 0.3) is 0 Å². The molecule has 0 aliphatic heterocycles. The summed E-state index contributed by atoms with van der Waals surface area (Å²) in [5, 5.41) is 7.01. The van der Waals surface area contributed by atoms with Crippen molar-refractivity contribution < 1.29 is 9.53 Å². The first-order chi connectivity index (χ1) is 6.27. The molecular formula is C10H11NO2. The zero-order chi connectivity index (χ0) is 9.68. The van der Waals surface area contributed by atoms with Gasteiger partial charge in [-0.1, -0.05) is 12.1 Å². The van der Waals surface area contributed by atoms with E-state index in [9.17, 15) is 4.79 Å². The highest BCUT2D eigenvalue weighted by molar-refractivity contribution is 5.91. The topological polar surface area (TPSA) is 50.2 Å². The zero-order valence-electron chi connectivity index (χ0n) is 7.41. The quantitative estimate of drug-likeness (QED) is 0.566. The summed E-state index contributed by atoms with van der Waals surface area (Å²) in [7, 11) is 0. The predicted octanol–water partition coefficient (Wildman–Crippen LogP) is 1.86. The van der Waals surface area contributed by atoms with Crippen LogP contribution in [-0.4, -0.2) is 18.8 Å². The van der Waals surface area contributed by atoms with Crippen molar-refractivity contribution in [2.24, 2.45) is 0 Å². The molecule has 3 heteroatoms. The van der Waals surface area contributed by atoms with Gasteiger partial charge in [0, 0.05) is 6.21 Å². The first-order valence-electron chi connectivity index (χ1n) is 4.05. The summed E-state index contributed by atoms with van der Waals surface area (Å²) < 4.78 is 4.81. The van der Waals surface area contributed by atoms with Gasteiger partial charge in [-0.3, -0.25) is 0 Å². The number of esters is 1. The second-order valence-electron chi connectivity index (χ2n) is 2.49. The van der Waals surface area contributed by atoms with Crippen LogP contribution in [0.3, 0.4) is 0 Å². The highest BCUT2D eigenvalue weighted by atomic mass is 16.5. The molecule has 0 bridgehead atoms. The number of hydrogen-bond acceptors (Lipinski definition) is 3. The van der Waals surface area contributed by atoms with E-state index in [4.69, 9.17) is 10.1 Å². The highest BCUT2D eigenvalue weighted by Crippen LogP contribution is 2.04. The Morgan fingerprint density at radius 3 is 3.00 bits per heavy atom. The van der Waals surface area contributed by atoms with Gasteiger partial charge in [0.2, 0.25) is 0 Å². The molecule has 13 heavy (non-hydrogen) atoms. The van der Waals surface area contributed by atoms with Crippen LogP contribution < -0.4 is 0 Å². The lowest BCUT2D eigenvalue weighted by Gasteiger charge is -2.01. The molecule has 1 N–H and O–H groups in total. The first-order valence-corrected chi connectivity index (χ1v) is 4.05. The van der Waals surface area contributed by atoms with Crippen LogP contribution in [0, 0.1) is 5.41 Å². The molecule has 0 radical (unpaired) electrons.